The quantitative estimate of drug-likeness (QED) is 0.461. The number of para-hydroxylation sites is 1. The molecule has 3 aromatic carbocycles. The Bertz CT molecular complexity index is 1390. The molecule has 0 saturated carbocycles. The molecule has 1 fully saturated rings. The zero-order valence-electron chi connectivity index (χ0n) is 18.0. The molecule has 1 aromatic heterocycles. The van der Waals surface area contributed by atoms with Gasteiger partial charge in [0.05, 0.1) is 16.5 Å². The van der Waals surface area contributed by atoms with Crippen molar-refractivity contribution in [2.45, 2.75) is 23.8 Å². The summed E-state index contributed by atoms with van der Waals surface area (Å²) >= 11 is 0. The fraction of sp³-hybridized carbons (Fsp3) is 0.192. The Hall–Kier alpha value is -3.42. The molecule has 5 rings (SSSR count). The molecule has 0 spiro atoms. The number of benzene rings is 3. The highest BCUT2D eigenvalue weighted by atomic mass is 32.2. The molecule has 2 heterocycles. The van der Waals surface area contributed by atoms with Gasteiger partial charge in [-0.05, 0) is 48.7 Å². The molecule has 1 amide bonds. The van der Waals surface area contributed by atoms with E-state index in [1.165, 1.54) is 16.1 Å². The van der Waals surface area contributed by atoms with Crippen LogP contribution in [0.15, 0.2) is 90.0 Å². The maximum absolute atomic E-state index is 13.5. The van der Waals surface area contributed by atoms with E-state index in [4.69, 9.17) is 4.74 Å². The molecule has 1 atom stereocenters. The van der Waals surface area contributed by atoms with Crippen molar-refractivity contribution < 1.29 is 17.9 Å². The van der Waals surface area contributed by atoms with Gasteiger partial charge in [0.25, 0.3) is 15.9 Å². The Balaban J connectivity index is 1.45. The molecule has 1 aliphatic heterocycles. The first-order valence-corrected chi connectivity index (χ1v) is 12.4. The third-order valence-corrected chi connectivity index (χ3v) is 7.64. The van der Waals surface area contributed by atoms with E-state index in [2.05, 4.69) is 5.32 Å². The van der Waals surface area contributed by atoms with Crippen molar-refractivity contribution >= 4 is 26.8 Å². The number of hydrogen-bond donors (Lipinski definition) is 1. The number of rotatable bonds is 6. The summed E-state index contributed by atoms with van der Waals surface area (Å²) < 4.78 is 33.9. The lowest BCUT2D eigenvalue weighted by molar-refractivity contribution is 0.0857. The summed E-state index contributed by atoms with van der Waals surface area (Å²) in [4.78, 5) is 12.6. The van der Waals surface area contributed by atoms with Gasteiger partial charge in [-0.3, -0.25) is 4.79 Å². The summed E-state index contributed by atoms with van der Waals surface area (Å²) in [5.41, 5.74) is 2.81. The van der Waals surface area contributed by atoms with E-state index in [0.717, 1.165) is 36.0 Å². The molecule has 0 radical (unpaired) electrons. The summed E-state index contributed by atoms with van der Waals surface area (Å²) in [6, 6.07) is 23.2. The van der Waals surface area contributed by atoms with Crippen molar-refractivity contribution in [1.29, 1.82) is 0 Å². The third-order valence-electron chi connectivity index (χ3n) is 5.95. The largest absolute Gasteiger partial charge is 0.376 e. The molecule has 0 aliphatic carbocycles. The Morgan fingerprint density at radius 3 is 2.42 bits per heavy atom. The summed E-state index contributed by atoms with van der Waals surface area (Å²) in [5, 5.41) is 3.72. The predicted octanol–water partition coefficient (Wildman–Crippen LogP) is 4.45. The van der Waals surface area contributed by atoms with Gasteiger partial charge >= 0.3 is 0 Å². The Labute approximate surface area is 192 Å². The van der Waals surface area contributed by atoms with Gasteiger partial charge < -0.3 is 10.1 Å². The van der Waals surface area contributed by atoms with E-state index in [-0.39, 0.29) is 16.9 Å². The van der Waals surface area contributed by atoms with Gasteiger partial charge in [0.15, 0.2) is 0 Å². The van der Waals surface area contributed by atoms with Crippen LogP contribution in [0.3, 0.4) is 0 Å². The van der Waals surface area contributed by atoms with Gasteiger partial charge in [0.2, 0.25) is 0 Å². The lowest BCUT2D eigenvalue weighted by atomic mass is 10.1. The number of fused-ring (bicyclic) bond motifs is 1. The molecule has 4 aromatic rings. The van der Waals surface area contributed by atoms with Crippen molar-refractivity contribution in [3.63, 3.8) is 0 Å². The minimum Gasteiger partial charge on any atom is -0.376 e. The lowest BCUT2D eigenvalue weighted by Crippen LogP contribution is -2.31. The van der Waals surface area contributed by atoms with Crippen molar-refractivity contribution in [1.82, 2.24) is 9.29 Å². The fourth-order valence-electron chi connectivity index (χ4n) is 4.20. The van der Waals surface area contributed by atoms with Gasteiger partial charge in [0, 0.05) is 35.9 Å². The third kappa shape index (κ3) is 4.17. The van der Waals surface area contributed by atoms with E-state index in [1.54, 1.807) is 24.4 Å². The van der Waals surface area contributed by atoms with Gasteiger partial charge in [0.1, 0.15) is 0 Å². The highest BCUT2D eigenvalue weighted by Gasteiger charge is 2.22. The first kappa shape index (κ1) is 21.4. The number of amides is 1. The van der Waals surface area contributed by atoms with Gasteiger partial charge in [-0.25, -0.2) is 12.4 Å². The molecule has 0 unspecified atom stereocenters. The van der Waals surface area contributed by atoms with Crippen LogP contribution in [0.25, 0.3) is 22.0 Å². The number of ether oxygens (including phenoxy) is 1. The molecule has 7 heteroatoms. The first-order valence-electron chi connectivity index (χ1n) is 10.9. The van der Waals surface area contributed by atoms with Crippen LogP contribution >= 0.6 is 0 Å². The van der Waals surface area contributed by atoms with Crippen molar-refractivity contribution in [3.8, 4) is 11.1 Å². The monoisotopic (exact) mass is 460 g/mol. The van der Waals surface area contributed by atoms with Crippen molar-refractivity contribution in [3.05, 3.63) is 90.6 Å². The van der Waals surface area contributed by atoms with E-state index < -0.39 is 10.0 Å². The van der Waals surface area contributed by atoms with Crippen LogP contribution < -0.4 is 5.32 Å². The summed E-state index contributed by atoms with van der Waals surface area (Å²) in [6.07, 6.45) is 3.66. The normalized spacial score (nSPS) is 16.2. The smallest absolute Gasteiger partial charge is 0.268 e. The fourth-order valence-corrected chi connectivity index (χ4v) is 5.57. The maximum atomic E-state index is 13.5. The molecular weight excluding hydrogens is 436 g/mol. The van der Waals surface area contributed by atoms with Gasteiger partial charge in [-0.15, -0.1) is 0 Å². The van der Waals surface area contributed by atoms with E-state index in [1.807, 2.05) is 48.5 Å². The maximum Gasteiger partial charge on any atom is 0.268 e. The lowest BCUT2D eigenvalue weighted by Gasteiger charge is -2.11. The second-order valence-corrected chi connectivity index (χ2v) is 9.91. The summed E-state index contributed by atoms with van der Waals surface area (Å²) in [5.74, 6) is -0.243. The number of aromatic nitrogens is 1. The first-order chi connectivity index (χ1) is 16.0. The van der Waals surface area contributed by atoms with Crippen LogP contribution in [-0.4, -0.2) is 37.6 Å². The summed E-state index contributed by atoms with van der Waals surface area (Å²) in [7, 11) is -3.86. The molecule has 1 saturated heterocycles. The van der Waals surface area contributed by atoms with Crippen molar-refractivity contribution in [2.75, 3.05) is 13.2 Å². The second-order valence-electron chi connectivity index (χ2n) is 8.10. The minimum absolute atomic E-state index is 0.0504. The van der Waals surface area contributed by atoms with Gasteiger partial charge in [-0.2, -0.15) is 0 Å². The zero-order valence-corrected chi connectivity index (χ0v) is 18.8. The number of hydrogen-bond acceptors (Lipinski definition) is 4. The molecule has 168 valence electrons. The Kier molecular flexibility index (Phi) is 5.74. The SMILES string of the molecule is O=C(NC[C@@H]1CCCO1)c1ccc(S(=O)(=O)n2cc(-c3ccccc3)c3ccccc32)cc1. The highest BCUT2D eigenvalue weighted by Crippen LogP contribution is 2.32. The van der Waals surface area contributed by atoms with Crippen LogP contribution in [0.5, 0.6) is 0 Å². The molecule has 6 nitrogen and oxygen atoms in total. The van der Waals surface area contributed by atoms with E-state index in [9.17, 15) is 13.2 Å². The van der Waals surface area contributed by atoms with Crippen LogP contribution in [0.4, 0.5) is 0 Å². The van der Waals surface area contributed by atoms with Gasteiger partial charge in [-0.1, -0.05) is 48.5 Å². The topological polar surface area (TPSA) is 77.4 Å². The zero-order chi connectivity index (χ0) is 22.8. The molecule has 1 N–H and O–H groups in total. The number of carbonyl (C=O) groups is 1. The molecule has 1 aliphatic rings. The second kappa shape index (κ2) is 8.84. The molecule has 0 bridgehead atoms. The Morgan fingerprint density at radius 2 is 1.70 bits per heavy atom. The Morgan fingerprint density at radius 1 is 0.970 bits per heavy atom. The average molecular weight is 461 g/mol. The molecular formula is C26H24N2O4S. The number of nitrogens with zero attached hydrogens (tertiary/aromatic N) is 1. The van der Waals surface area contributed by atoms with Crippen LogP contribution in [-0.2, 0) is 14.8 Å². The molecule has 33 heavy (non-hydrogen) atoms. The minimum atomic E-state index is -3.86. The number of carbonyl (C=O) groups excluding carboxylic acids is 1. The van der Waals surface area contributed by atoms with E-state index >= 15 is 0 Å². The van der Waals surface area contributed by atoms with Crippen LogP contribution in [0, 0.1) is 0 Å². The van der Waals surface area contributed by atoms with E-state index in [0.29, 0.717) is 17.6 Å². The van der Waals surface area contributed by atoms with Crippen LogP contribution in [0.2, 0.25) is 0 Å². The average Bonchev–Trinajstić information content (AvgIpc) is 3.51. The summed E-state index contributed by atoms with van der Waals surface area (Å²) in [6.45, 7) is 1.18. The standard InChI is InChI=1S/C26H24N2O4S/c29-26(27-17-21-9-6-16-32-21)20-12-14-22(15-13-20)33(30,31)28-18-24(19-7-2-1-3-8-19)23-10-4-5-11-25(23)28/h1-5,7-8,10-15,18,21H,6,9,16-17H2,(H,27,29)/t21-/m0/s1. The predicted molar refractivity (Wildman–Crippen MR) is 128 cm³/mol. The van der Waals surface area contributed by atoms with Crippen molar-refractivity contribution in [2.24, 2.45) is 0 Å². The number of nitrogens with one attached hydrogen (secondary N) is 1. The van der Waals surface area contributed by atoms with Crippen LogP contribution in [0.1, 0.15) is 23.2 Å². The highest BCUT2D eigenvalue weighted by molar-refractivity contribution is 7.90.